The van der Waals surface area contributed by atoms with Crippen molar-refractivity contribution in [2.45, 2.75) is 19.9 Å². The number of aryl methyl sites for hydroxylation is 2. The molecule has 7 nitrogen and oxygen atoms in total. The first-order valence-electron chi connectivity index (χ1n) is 9.37. The van der Waals surface area contributed by atoms with Gasteiger partial charge in [-0.3, -0.25) is 9.89 Å². The molecule has 0 aliphatic carbocycles. The van der Waals surface area contributed by atoms with Crippen molar-refractivity contribution >= 4 is 17.6 Å². The van der Waals surface area contributed by atoms with Gasteiger partial charge in [-0.25, -0.2) is 9.18 Å². The quantitative estimate of drug-likeness (QED) is 0.533. The van der Waals surface area contributed by atoms with Crippen LogP contribution in [0.1, 0.15) is 22.9 Å². The minimum absolute atomic E-state index is 0.307. The molecule has 2 aromatic carbocycles. The van der Waals surface area contributed by atoms with Crippen molar-refractivity contribution in [1.82, 2.24) is 20.8 Å². The summed E-state index contributed by atoms with van der Waals surface area (Å²) in [4.78, 5) is 24.9. The molecular formula is C22H20FN5O2. The number of hydrogen-bond donors (Lipinski definition) is 4. The number of aromatic nitrogens is 2. The van der Waals surface area contributed by atoms with Crippen LogP contribution in [-0.2, 0) is 4.79 Å². The maximum absolute atomic E-state index is 13.3. The van der Waals surface area contributed by atoms with Crippen LogP contribution in [0.25, 0.3) is 11.3 Å². The van der Waals surface area contributed by atoms with Crippen molar-refractivity contribution in [2.75, 3.05) is 5.32 Å². The lowest BCUT2D eigenvalue weighted by atomic mass is 9.97. The van der Waals surface area contributed by atoms with Gasteiger partial charge in [0.2, 0.25) is 0 Å². The number of aromatic amines is 1. The Balaban J connectivity index is 1.62. The van der Waals surface area contributed by atoms with Crippen molar-refractivity contribution in [2.24, 2.45) is 0 Å². The van der Waals surface area contributed by atoms with Gasteiger partial charge < -0.3 is 16.0 Å². The summed E-state index contributed by atoms with van der Waals surface area (Å²) in [5, 5.41) is 15.3. The van der Waals surface area contributed by atoms with Crippen LogP contribution in [0.5, 0.6) is 0 Å². The zero-order chi connectivity index (χ0) is 21.3. The molecule has 1 aliphatic rings. The largest absolute Gasteiger partial charge is 0.327 e. The van der Waals surface area contributed by atoms with Crippen molar-refractivity contribution < 1.29 is 14.0 Å². The summed E-state index contributed by atoms with van der Waals surface area (Å²) < 4.78 is 13.3. The molecule has 0 saturated carbocycles. The highest BCUT2D eigenvalue weighted by atomic mass is 19.1. The van der Waals surface area contributed by atoms with E-state index in [1.165, 1.54) is 18.3 Å². The molecule has 3 amide bonds. The number of urea groups is 1. The third kappa shape index (κ3) is 3.93. The third-order valence-corrected chi connectivity index (χ3v) is 4.90. The van der Waals surface area contributed by atoms with Crippen LogP contribution < -0.4 is 16.0 Å². The summed E-state index contributed by atoms with van der Waals surface area (Å²) in [7, 11) is 0. The van der Waals surface area contributed by atoms with Crippen LogP contribution in [0.15, 0.2) is 60.3 Å². The zero-order valence-corrected chi connectivity index (χ0v) is 16.4. The van der Waals surface area contributed by atoms with Gasteiger partial charge in [-0.2, -0.15) is 5.10 Å². The lowest BCUT2D eigenvalue weighted by molar-refractivity contribution is -0.113. The first-order chi connectivity index (χ1) is 14.4. The minimum Gasteiger partial charge on any atom is -0.327 e. The number of rotatable bonds is 4. The highest BCUT2D eigenvalue weighted by molar-refractivity contribution is 6.06. The minimum atomic E-state index is -0.697. The fraction of sp³-hybridized carbons (Fsp3) is 0.136. The smallest absolute Gasteiger partial charge is 0.319 e. The summed E-state index contributed by atoms with van der Waals surface area (Å²) >= 11 is 0. The SMILES string of the molecule is Cc1cc(-c2ccc(C)c(NC(=O)C3=CNC(=O)N[C@H]3c3ccc(F)cc3)c2)n[nH]1. The van der Waals surface area contributed by atoms with Gasteiger partial charge in [0.05, 0.1) is 17.3 Å². The fourth-order valence-electron chi connectivity index (χ4n) is 3.27. The van der Waals surface area contributed by atoms with E-state index in [9.17, 15) is 14.0 Å². The number of H-pyrrole nitrogens is 1. The molecule has 3 aromatic rings. The molecule has 0 spiro atoms. The van der Waals surface area contributed by atoms with E-state index in [1.807, 2.05) is 38.1 Å². The van der Waals surface area contributed by atoms with Crippen molar-refractivity contribution in [1.29, 1.82) is 0 Å². The highest BCUT2D eigenvalue weighted by Crippen LogP contribution is 2.28. The van der Waals surface area contributed by atoms with E-state index in [-0.39, 0.29) is 5.91 Å². The average Bonchev–Trinajstić information content (AvgIpc) is 3.16. The van der Waals surface area contributed by atoms with Gasteiger partial charge in [-0.05, 0) is 49.2 Å². The van der Waals surface area contributed by atoms with Crippen LogP contribution in [-0.4, -0.2) is 22.1 Å². The summed E-state index contributed by atoms with van der Waals surface area (Å²) in [5.74, 6) is -0.773. The monoisotopic (exact) mass is 405 g/mol. The molecule has 0 saturated heterocycles. The lowest BCUT2D eigenvalue weighted by Gasteiger charge is -2.26. The summed E-state index contributed by atoms with van der Waals surface area (Å²) in [6.07, 6.45) is 1.37. The Morgan fingerprint density at radius 2 is 1.87 bits per heavy atom. The number of amides is 3. The number of nitrogens with zero attached hydrogens (tertiary/aromatic N) is 1. The maximum Gasteiger partial charge on any atom is 0.319 e. The molecule has 1 aromatic heterocycles. The molecule has 0 fully saturated rings. The number of carbonyl (C=O) groups excluding carboxylic acids is 2. The Labute approximate surface area is 172 Å². The first kappa shape index (κ1) is 19.4. The fourth-order valence-corrected chi connectivity index (χ4v) is 3.27. The van der Waals surface area contributed by atoms with Crippen LogP contribution >= 0.6 is 0 Å². The second-order valence-corrected chi connectivity index (χ2v) is 7.12. The number of anilines is 1. The van der Waals surface area contributed by atoms with E-state index in [0.717, 1.165) is 22.5 Å². The normalized spacial score (nSPS) is 15.8. The van der Waals surface area contributed by atoms with Gasteiger partial charge in [0.15, 0.2) is 0 Å². The Bertz CT molecular complexity index is 1150. The molecule has 0 radical (unpaired) electrons. The van der Waals surface area contributed by atoms with E-state index in [0.29, 0.717) is 16.8 Å². The molecule has 1 aliphatic heterocycles. The van der Waals surface area contributed by atoms with Gasteiger partial charge >= 0.3 is 6.03 Å². The van der Waals surface area contributed by atoms with Crippen LogP contribution in [0.4, 0.5) is 14.9 Å². The van der Waals surface area contributed by atoms with Gasteiger partial charge in [0, 0.05) is 23.1 Å². The van der Waals surface area contributed by atoms with Crippen molar-refractivity contribution in [3.63, 3.8) is 0 Å². The third-order valence-electron chi connectivity index (χ3n) is 4.90. The summed E-state index contributed by atoms with van der Waals surface area (Å²) in [6.45, 7) is 3.81. The maximum atomic E-state index is 13.3. The Hall–Kier alpha value is -3.94. The standard InChI is InChI=1S/C22H20FN5O2/c1-12-3-4-15(19-9-13(2)27-28-19)10-18(12)25-21(29)17-11-24-22(30)26-20(17)14-5-7-16(23)8-6-14/h3-11,20H,1-2H3,(H,25,29)(H,27,28)(H2,24,26,30)/t20-/m0/s1. The molecule has 0 bridgehead atoms. The Morgan fingerprint density at radius 3 is 2.57 bits per heavy atom. The van der Waals surface area contributed by atoms with Gasteiger partial charge in [0.25, 0.3) is 5.91 Å². The van der Waals surface area contributed by atoms with E-state index < -0.39 is 17.9 Å². The van der Waals surface area contributed by atoms with Gasteiger partial charge in [-0.1, -0.05) is 24.3 Å². The number of hydrogen-bond acceptors (Lipinski definition) is 3. The van der Waals surface area contributed by atoms with Crippen LogP contribution in [0.3, 0.4) is 0 Å². The Kier molecular flexibility index (Phi) is 5.05. The second kappa shape index (κ2) is 7.82. The van der Waals surface area contributed by atoms with E-state index >= 15 is 0 Å². The topological polar surface area (TPSA) is 98.9 Å². The Morgan fingerprint density at radius 1 is 1.10 bits per heavy atom. The number of carbonyl (C=O) groups is 2. The zero-order valence-electron chi connectivity index (χ0n) is 16.4. The number of nitrogens with one attached hydrogen (secondary N) is 4. The predicted molar refractivity (Wildman–Crippen MR) is 111 cm³/mol. The number of halogens is 1. The van der Waals surface area contributed by atoms with Crippen molar-refractivity contribution in [3.8, 4) is 11.3 Å². The van der Waals surface area contributed by atoms with E-state index in [4.69, 9.17) is 0 Å². The molecule has 152 valence electrons. The summed E-state index contributed by atoms with van der Waals surface area (Å²) in [6, 6.07) is 12.1. The van der Waals surface area contributed by atoms with E-state index in [2.05, 4.69) is 26.1 Å². The van der Waals surface area contributed by atoms with Gasteiger partial charge in [-0.15, -0.1) is 0 Å². The molecular weight excluding hydrogens is 385 g/mol. The molecule has 30 heavy (non-hydrogen) atoms. The molecule has 2 heterocycles. The molecule has 4 N–H and O–H groups in total. The van der Waals surface area contributed by atoms with Crippen LogP contribution in [0.2, 0.25) is 0 Å². The molecule has 4 rings (SSSR count). The molecule has 8 heteroatoms. The van der Waals surface area contributed by atoms with E-state index in [1.54, 1.807) is 12.1 Å². The molecule has 0 unspecified atom stereocenters. The van der Waals surface area contributed by atoms with Crippen molar-refractivity contribution in [3.05, 3.63) is 82.9 Å². The second-order valence-electron chi connectivity index (χ2n) is 7.12. The highest BCUT2D eigenvalue weighted by Gasteiger charge is 2.28. The van der Waals surface area contributed by atoms with Gasteiger partial charge in [0.1, 0.15) is 5.82 Å². The first-order valence-corrected chi connectivity index (χ1v) is 9.37. The van der Waals surface area contributed by atoms with Crippen LogP contribution in [0, 0.1) is 19.7 Å². The predicted octanol–water partition coefficient (Wildman–Crippen LogP) is 3.71. The molecule has 1 atom stereocenters. The number of benzene rings is 2. The lowest BCUT2D eigenvalue weighted by Crippen LogP contribution is -2.43. The summed E-state index contributed by atoms with van der Waals surface area (Å²) in [5.41, 5.74) is 5.00. The average molecular weight is 405 g/mol.